The molecule has 1 atom stereocenters. The number of benzene rings is 1. The first-order chi connectivity index (χ1) is 9.95. The number of methoxy groups -OCH3 is 1. The smallest absolute Gasteiger partial charge is 0.337 e. The number of nitrogens with two attached hydrogens (primary N) is 1. The Bertz CT molecular complexity index is 611. The van der Waals surface area contributed by atoms with Crippen molar-refractivity contribution in [2.75, 3.05) is 13.7 Å². The van der Waals surface area contributed by atoms with Crippen LogP contribution in [0.15, 0.2) is 24.3 Å². The molecule has 1 aromatic rings. The summed E-state index contributed by atoms with van der Waals surface area (Å²) in [5.74, 6) is -0.313. The molecular formula is C14H20N2O4S. The molecule has 1 aliphatic carbocycles. The molecule has 6 nitrogen and oxygen atoms in total. The highest BCUT2D eigenvalue weighted by Gasteiger charge is 2.32. The highest BCUT2D eigenvalue weighted by Crippen LogP contribution is 2.32. The van der Waals surface area contributed by atoms with E-state index in [1.807, 2.05) is 0 Å². The average Bonchev–Trinajstić information content (AvgIpc) is 3.28. The van der Waals surface area contributed by atoms with Crippen LogP contribution in [0.2, 0.25) is 0 Å². The topological polar surface area (TPSA) is 98.5 Å². The summed E-state index contributed by atoms with van der Waals surface area (Å²) in [6, 6.07) is 6.22. The molecule has 0 heterocycles. The number of nitrogens with one attached hydrogen (secondary N) is 1. The zero-order valence-electron chi connectivity index (χ0n) is 11.9. The van der Waals surface area contributed by atoms with Crippen molar-refractivity contribution in [1.82, 2.24) is 4.72 Å². The summed E-state index contributed by atoms with van der Waals surface area (Å²) >= 11 is 0. The molecule has 0 amide bonds. The first kappa shape index (κ1) is 15.9. The molecule has 1 unspecified atom stereocenters. The van der Waals surface area contributed by atoms with E-state index in [0.717, 1.165) is 12.8 Å². The minimum atomic E-state index is -3.48. The van der Waals surface area contributed by atoms with Gasteiger partial charge >= 0.3 is 5.97 Å². The lowest BCUT2D eigenvalue weighted by molar-refractivity contribution is 0.0600. The molecular weight excluding hydrogens is 292 g/mol. The van der Waals surface area contributed by atoms with Gasteiger partial charge in [0.1, 0.15) is 0 Å². The highest BCUT2D eigenvalue weighted by molar-refractivity contribution is 7.88. The van der Waals surface area contributed by atoms with Crippen LogP contribution in [-0.2, 0) is 20.5 Å². The van der Waals surface area contributed by atoms with Crippen molar-refractivity contribution in [1.29, 1.82) is 0 Å². The Labute approximate surface area is 124 Å². The van der Waals surface area contributed by atoms with E-state index in [1.54, 1.807) is 18.2 Å². The van der Waals surface area contributed by atoms with Crippen LogP contribution in [0.25, 0.3) is 0 Å². The van der Waals surface area contributed by atoms with Gasteiger partial charge in [0.05, 0.1) is 18.4 Å². The van der Waals surface area contributed by atoms with E-state index >= 15 is 0 Å². The maximum atomic E-state index is 12.2. The lowest BCUT2D eigenvalue weighted by Crippen LogP contribution is -2.42. The van der Waals surface area contributed by atoms with E-state index in [9.17, 15) is 13.2 Å². The highest BCUT2D eigenvalue weighted by atomic mass is 32.2. The molecule has 0 radical (unpaired) electrons. The zero-order chi connectivity index (χ0) is 15.5. The fraction of sp³-hybridized carbons (Fsp3) is 0.500. The van der Waals surface area contributed by atoms with E-state index in [-0.39, 0.29) is 11.8 Å². The first-order valence-corrected chi connectivity index (χ1v) is 8.47. The number of hydrogen-bond donors (Lipinski definition) is 2. The Hall–Kier alpha value is -1.44. The van der Waals surface area contributed by atoms with Gasteiger partial charge in [-0.25, -0.2) is 17.9 Å². The van der Waals surface area contributed by atoms with Gasteiger partial charge in [0, 0.05) is 12.6 Å². The molecule has 7 heteroatoms. The fourth-order valence-electron chi connectivity index (χ4n) is 2.23. The maximum absolute atomic E-state index is 12.2. The molecule has 0 spiro atoms. The van der Waals surface area contributed by atoms with Crippen molar-refractivity contribution in [3.05, 3.63) is 35.4 Å². The summed E-state index contributed by atoms with van der Waals surface area (Å²) in [5.41, 5.74) is 6.48. The van der Waals surface area contributed by atoms with Crippen LogP contribution in [0.3, 0.4) is 0 Å². The SMILES string of the molecule is COC(=O)c1cccc(CS(=O)(=O)NC(CN)C2CC2)c1. The monoisotopic (exact) mass is 312 g/mol. The van der Waals surface area contributed by atoms with Crippen molar-refractivity contribution < 1.29 is 17.9 Å². The van der Waals surface area contributed by atoms with Gasteiger partial charge < -0.3 is 10.5 Å². The van der Waals surface area contributed by atoms with Crippen molar-refractivity contribution in [2.45, 2.75) is 24.6 Å². The average molecular weight is 312 g/mol. The molecule has 1 saturated carbocycles. The first-order valence-electron chi connectivity index (χ1n) is 6.82. The van der Waals surface area contributed by atoms with Gasteiger partial charge in [-0.2, -0.15) is 0 Å². The van der Waals surface area contributed by atoms with Gasteiger partial charge in [0.2, 0.25) is 10.0 Å². The van der Waals surface area contributed by atoms with Crippen LogP contribution >= 0.6 is 0 Å². The van der Waals surface area contributed by atoms with Crippen molar-refractivity contribution in [3.63, 3.8) is 0 Å². The third-order valence-electron chi connectivity index (χ3n) is 3.48. The van der Waals surface area contributed by atoms with Crippen molar-refractivity contribution in [2.24, 2.45) is 11.7 Å². The van der Waals surface area contributed by atoms with E-state index in [2.05, 4.69) is 9.46 Å². The molecule has 0 bridgehead atoms. The second-order valence-electron chi connectivity index (χ2n) is 5.25. The number of carbonyl (C=O) groups is 1. The number of sulfonamides is 1. The lowest BCUT2D eigenvalue weighted by atomic mass is 10.1. The molecule has 21 heavy (non-hydrogen) atoms. The van der Waals surface area contributed by atoms with Gasteiger partial charge in [-0.05, 0) is 36.5 Å². The number of esters is 1. The summed E-state index contributed by atoms with van der Waals surface area (Å²) < 4.78 is 31.6. The summed E-state index contributed by atoms with van der Waals surface area (Å²) in [4.78, 5) is 11.4. The standard InChI is InChI=1S/C14H20N2O4S/c1-20-14(17)12-4-2-3-10(7-12)9-21(18,19)16-13(8-15)11-5-6-11/h2-4,7,11,13,16H,5-6,8-9,15H2,1H3. The maximum Gasteiger partial charge on any atom is 0.337 e. The Morgan fingerprint density at radius 3 is 2.76 bits per heavy atom. The lowest BCUT2D eigenvalue weighted by Gasteiger charge is -2.16. The van der Waals surface area contributed by atoms with Gasteiger partial charge in [0.25, 0.3) is 0 Å². The van der Waals surface area contributed by atoms with Crippen LogP contribution in [0, 0.1) is 5.92 Å². The van der Waals surface area contributed by atoms with Crippen molar-refractivity contribution >= 4 is 16.0 Å². The van der Waals surface area contributed by atoms with Crippen LogP contribution in [0.5, 0.6) is 0 Å². The Balaban J connectivity index is 2.07. The molecule has 0 aliphatic heterocycles. The van der Waals surface area contributed by atoms with E-state index in [4.69, 9.17) is 5.73 Å². The van der Waals surface area contributed by atoms with E-state index in [1.165, 1.54) is 13.2 Å². The minimum absolute atomic E-state index is 0.180. The summed E-state index contributed by atoms with van der Waals surface area (Å²) in [7, 11) is -2.20. The molecule has 0 aromatic heterocycles. The van der Waals surface area contributed by atoms with Crippen LogP contribution in [0.4, 0.5) is 0 Å². The number of rotatable bonds is 7. The Morgan fingerprint density at radius 2 is 2.19 bits per heavy atom. The Kier molecular flexibility index (Phi) is 4.97. The molecule has 3 N–H and O–H groups in total. The van der Waals surface area contributed by atoms with Crippen LogP contribution in [-0.4, -0.2) is 34.1 Å². The van der Waals surface area contributed by atoms with Crippen LogP contribution in [0.1, 0.15) is 28.8 Å². The second-order valence-corrected chi connectivity index (χ2v) is 7.00. The fourth-order valence-corrected chi connectivity index (χ4v) is 3.68. The number of hydrogen-bond acceptors (Lipinski definition) is 5. The van der Waals surface area contributed by atoms with E-state index < -0.39 is 16.0 Å². The second kappa shape index (κ2) is 6.55. The van der Waals surface area contributed by atoms with Gasteiger partial charge in [-0.1, -0.05) is 12.1 Å². The number of carbonyl (C=O) groups excluding carboxylic acids is 1. The summed E-state index contributed by atoms with van der Waals surface area (Å²) in [6.07, 6.45) is 2.03. The van der Waals surface area contributed by atoms with Gasteiger partial charge in [-0.15, -0.1) is 0 Å². The largest absolute Gasteiger partial charge is 0.465 e. The molecule has 2 rings (SSSR count). The quantitative estimate of drug-likeness (QED) is 0.720. The molecule has 1 aliphatic rings. The molecule has 1 fully saturated rings. The summed E-state index contributed by atoms with van der Waals surface area (Å²) in [5, 5.41) is 0. The molecule has 0 saturated heterocycles. The Morgan fingerprint density at radius 1 is 1.48 bits per heavy atom. The minimum Gasteiger partial charge on any atom is -0.465 e. The number of ether oxygens (including phenoxy) is 1. The predicted octanol–water partition coefficient (Wildman–Crippen LogP) is 0.630. The summed E-state index contributed by atoms with van der Waals surface area (Å²) in [6.45, 7) is 0.298. The predicted molar refractivity (Wildman–Crippen MR) is 79.1 cm³/mol. The molecule has 116 valence electrons. The molecule has 1 aromatic carbocycles. The van der Waals surface area contributed by atoms with Gasteiger partial charge in [-0.3, -0.25) is 0 Å². The zero-order valence-corrected chi connectivity index (χ0v) is 12.7. The van der Waals surface area contributed by atoms with Gasteiger partial charge in [0.15, 0.2) is 0 Å². The normalized spacial score (nSPS) is 16.5. The van der Waals surface area contributed by atoms with Crippen molar-refractivity contribution in [3.8, 4) is 0 Å². The third kappa shape index (κ3) is 4.52. The third-order valence-corrected chi connectivity index (χ3v) is 4.86. The van der Waals surface area contributed by atoms with Crippen LogP contribution < -0.4 is 10.5 Å². The van der Waals surface area contributed by atoms with E-state index in [0.29, 0.717) is 23.6 Å².